The Labute approximate surface area is 135 Å². The first kappa shape index (κ1) is 16.5. The van der Waals surface area contributed by atoms with Crippen LogP contribution < -0.4 is 14.8 Å². The third-order valence-electron chi connectivity index (χ3n) is 3.67. The summed E-state index contributed by atoms with van der Waals surface area (Å²) in [5, 5.41) is 12.0. The van der Waals surface area contributed by atoms with Crippen molar-refractivity contribution in [1.29, 1.82) is 5.26 Å². The first-order valence-corrected chi connectivity index (χ1v) is 8.18. The van der Waals surface area contributed by atoms with Crippen molar-refractivity contribution in [3.8, 4) is 17.6 Å². The number of rotatable bonds is 5. The quantitative estimate of drug-likeness (QED) is 0.844. The summed E-state index contributed by atoms with van der Waals surface area (Å²) in [6.45, 7) is 6.67. The van der Waals surface area contributed by atoms with Gasteiger partial charge in [-0.1, -0.05) is 13.8 Å². The molecule has 0 spiro atoms. The van der Waals surface area contributed by atoms with Gasteiger partial charge in [0, 0.05) is 4.90 Å². The van der Waals surface area contributed by atoms with E-state index in [1.807, 2.05) is 32.0 Å². The lowest BCUT2D eigenvalue weighted by Crippen LogP contribution is -2.49. The van der Waals surface area contributed by atoms with E-state index in [4.69, 9.17) is 9.47 Å². The fourth-order valence-electron chi connectivity index (χ4n) is 1.89. The maximum atomic E-state index is 12.0. The van der Waals surface area contributed by atoms with E-state index in [1.165, 1.54) is 11.8 Å². The van der Waals surface area contributed by atoms with Crippen molar-refractivity contribution >= 4 is 17.7 Å². The minimum atomic E-state index is -0.843. The predicted octanol–water partition coefficient (Wildman–Crippen LogP) is 2.60. The molecule has 0 aromatic heterocycles. The lowest BCUT2D eigenvalue weighted by Gasteiger charge is -2.27. The van der Waals surface area contributed by atoms with Crippen LogP contribution in [0.3, 0.4) is 0 Å². The summed E-state index contributed by atoms with van der Waals surface area (Å²) in [6.07, 6.45) is 0. The minimum Gasteiger partial charge on any atom is -0.486 e. The fourth-order valence-corrected chi connectivity index (χ4v) is 2.61. The monoisotopic (exact) mass is 320 g/mol. The predicted molar refractivity (Wildman–Crippen MR) is 85.2 cm³/mol. The number of benzene rings is 1. The first-order valence-electron chi connectivity index (χ1n) is 7.19. The molecule has 0 radical (unpaired) electrons. The van der Waals surface area contributed by atoms with E-state index in [0.717, 1.165) is 10.6 Å². The molecule has 118 valence electrons. The largest absolute Gasteiger partial charge is 0.486 e. The molecule has 0 saturated carbocycles. The normalized spacial score (nSPS) is 15.8. The highest BCUT2D eigenvalue weighted by Gasteiger charge is 2.29. The topological polar surface area (TPSA) is 71.4 Å². The zero-order valence-corrected chi connectivity index (χ0v) is 13.8. The van der Waals surface area contributed by atoms with Crippen LogP contribution >= 0.6 is 11.8 Å². The molecule has 1 heterocycles. The zero-order valence-electron chi connectivity index (χ0n) is 13.0. The van der Waals surface area contributed by atoms with Crippen LogP contribution in [-0.2, 0) is 4.79 Å². The molecule has 0 fully saturated rings. The van der Waals surface area contributed by atoms with Gasteiger partial charge in [0.15, 0.2) is 11.5 Å². The van der Waals surface area contributed by atoms with Gasteiger partial charge < -0.3 is 14.8 Å². The highest BCUT2D eigenvalue weighted by molar-refractivity contribution is 8.00. The van der Waals surface area contributed by atoms with Crippen molar-refractivity contribution in [1.82, 2.24) is 5.32 Å². The SMILES string of the molecule is CC(C)C(C)(C#N)NC(=O)CSc1ccc2c(c1)OCCO2. The second kappa shape index (κ2) is 6.93. The molecule has 1 aliphatic rings. The highest BCUT2D eigenvalue weighted by Crippen LogP contribution is 2.34. The van der Waals surface area contributed by atoms with E-state index in [1.54, 1.807) is 6.92 Å². The number of nitriles is 1. The maximum Gasteiger partial charge on any atom is 0.231 e. The molecule has 1 atom stereocenters. The third kappa shape index (κ3) is 3.86. The Balaban J connectivity index is 1.93. The van der Waals surface area contributed by atoms with E-state index in [0.29, 0.717) is 19.0 Å². The molecule has 0 saturated heterocycles. The molecule has 1 unspecified atom stereocenters. The number of ether oxygens (including phenoxy) is 2. The molecule has 2 rings (SSSR count). The zero-order chi connectivity index (χ0) is 16.2. The molecule has 0 bridgehead atoms. The molecule has 1 aromatic rings. The summed E-state index contributed by atoms with van der Waals surface area (Å²) in [4.78, 5) is 13.0. The summed E-state index contributed by atoms with van der Waals surface area (Å²) in [5.74, 6) is 1.58. The Hall–Kier alpha value is -1.87. The summed E-state index contributed by atoms with van der Waals surface area (Å²) < 4.78 is 11.0. The van der Waals surface area contributed by atoms with Crippen molar-refractivity contribution in [2.45, 2.75) is 31.2 Å². The minimum absolute atomic E-state index is 0.0424. The van der Waals surface area contributed by atoms with Gasteiger partial charge in [-0.3, -0.25) is 4.79 Å². The summed E-state index contributed by atoms with van der Waals surface area (Å²) >= 11 is 1.41. The number of nitrogens with one attached hydrogen (secondary N) is 1. The van der Waals surface area contributed by atoms with Gasteiger partial charge in [-0.25, -0.2) is 0 Å². The van der Waals surface area contributed by atoms with Crippen LogP contribution in [0.25, 0.3) is 0 Å². The van der Waals surface area contributed by atoms with Crippen LogP contribution in [0.2, 0.25) is 0 Å². The van der Waals surface area contributed by atoms with Crippen LogP contribution in [0.5, 0.6) is 11.5 Å². The molecule has 1 aromatic carbocycles. The lowest BCUT2D eigenvalue weighted by molar-refractivity contribution is -0.120. The van der Waals surface area contributed by atoms with Gasteiger partial charge in [0.05, 0.1) is 11.8 Å². The standard InChI is InChI=1S/C16H20N2O3S/c1-11(2)16(3,10-17)18-15(19)9-22-12-4-5-13-14(8-12)21-7-6-20-13/h4-5,8,11H,6-7,9H2,1-3H3,(H,18,19). The van der Waals surface area contributed by atoms with Gasteiger partial charge in [0.1, 0.15) is 18.8 Å². The van der Waals surface area contributed by atoms with Crippen molar-refractivity contribution in [2.24, 2.45) is 5.92 Å². The molecular weight excluding hydrogens is 300 g/mol. The molecule has 1 amide bonds. The number of carbonyl (C=O) groups excluding carboxylic acids is 1. The molecule has 1 N–H and O–H groups in total. The van der Waals surface area contributed by atoms with Crippen molar-refractivity contribution in [3.05, 3.63) is 18.2 Å². The molecule has 6 heteroatoms. The Morgan fingerprint density at radius 1 is 1.41 bits per heavy atom. The average molecular weight is 320 g/mol. The molecule has 1 aliphatic heterocycles. The van der Waals surface area contributed by atoms with Crippen LogP contribution in [0.4, 0.5) is 0 Å². The maximum absolute atomic E-state index is 12.0. The average Bonchev–Trinajstić information content (AvgIpc) is 2.52. The van der Waals surface area contributed by atoms with Crippen LogP contribution in [0.15, 0.2) is 23.1 Å². The van der Waals surface area contributed by atoms with Crippen molar-refractivity contribution in [3.63, 3.8) is 0 Å². The molecule has 0 aliphatic carbocycles. The van der Waals surface area contributed by atoms with Crippen LogP contribution in [0.1, 0.15) is 20.8 Å². The van der Waals surface area contributed by atoms with Gasteiger partial charge in [-0.15, -0.1) is 11.8 Å². The molecule has 5 nitrogen and oxygen atoms in total. The van der Waals surface area contributed by atoms with Crippen LogP contribution in [-0.4, -0.2) is 30.4 Å². The molecule has 22 heavy (non-hydrogen) atoms. The third-order valence-corrected chi connectivity index (χ3v) is 4.66. The lowest BCUT2D eigenvalue weighted by atomic mass is 9.90. The molecular formula is C16H20N2O3S. The van der Waals surface area contributed by atoms with Gasteiger partial charge in [0.2, 0.25) is 5.91 Å². The Kier molecular flexibility index (Phi) is 5.19. The fraction of sp³-hybridized carbons (Fsp3) is 0.500. The van der Waals surface area contributed by atoms with E-state index in [2.05, 4.69) is 11.4 Å². The first-order chi connectivity index (χ1) is 10.4. The number of nitrogens with zero attached hydrogens (tertiary/aromatic N) is 1. The number of hydrogen-bond donors (Lipinski definition) is 1. The van der Waals surface area contributed by atoms with Gasteiger partial charge >= 0.3 is 0 Å². The smallest absolute Gasteiger partial charge is 0.231 e. The number of hydrogen-bond acceptors (Lipinski definition) is 5. The van der Waals surface area contributed by atoms with E-state index >= 15 is 0 Å². The second-order valence-corrected chi connectivity index (χ2v) is 6.66. The summed E-state index contributed by atoms with van der Waals surface area (Å²) in [5.41, 5.74) is -0.843. The van der Waals surface area contributed by atoms with E-state index < -0.39 is 5.54 Å². The Morgan fingerprint density at radius 3 is 2.73 bits per heavy atom. The van der Waals surface area contributed by atoms with E-state index in [9.17, 15) is 10.1 Å². The van der Waals surface area contributed by atoms with Crippen molar-refractivity contribution in [2.75, 3.05) is 19.0 Å². The number of amides is 1. The number of carbonyl (C=O) groups is 1. The Bertz CT molecular complexity index is 598. The second-order valence-electron chi connectivity index (χ2n) is 5.61. The van der Waals surface area contributed by atoms with E-state index in [-0.39, 0.29) is 17.6 Å². The van der Waals surface area contributed by atoms with Gasteiger partial charge in [-0.2, -0.15) is 5.26 Å². The highest BCUT2D eigenvalue weighted by atomic mass is 32.2. The number of fused-ring (bicyclic) bond motifs is 1. The van der Waals surface area contributed by atoms with Gasteiger partial charge in [-0.05, 0) is 31.0 Å². The van der Waals surface area contributed by atoms with Gasteiger partial charge in [0.25, 0.3) is 0 Å². The van der Waals surface area contributed by atoms with Crippen molar-refractivity contribution < 1.29 is 14.3 Å². The van der Waals surface area contributed by atoms with Crippen LogP contribution in [0, 0.1) is 17.2 Å². The Morgan fingerprint density at radius 2 is 2.09 bits per heavy atom. The summed E-state index contributed by atoms with van der Waals surface area (Å²) in [6, 6.07) is 7.79. The summed E-state index contributed by atoms with van der Waals surface area (Å²) in [7, 11) is 0. The number of thioether (sulfide) groups is 1.